The van der Waals surface area contributed by atoms with E-state index in [0.29, 0.717) is 28.6 Å². The second kappa shape index (κ2) is 7.55. The van der Waals surface area contributed by atoms with Gasteiger partial charge >= 0.3 is 5.69 Å². The van der Waals surface area contributed by atoms with E-state index < -0.39 is 4.92 Å². The van der Waals surface area contributed by atoms with Gasteiger partial charge in [0.25, 0.3) is 0 Å². The highest BCUT2D eigenvalue weighted by Gasteiger charge is 2.21. The Morgan fingerprint density at radius 3 is 2.61 bits per heavy atom. The molecule has 2 heterocycles. The number of Topliss-reactive ketones (excluding diaryl/α,β-unsaturated/α-hetero) is 1. The minimum atomic E-state index is -0.582. The molecule has 9 nitrogen and oxygen atoms in total. The number of aromatic nitrogens is 2. The van der Waals surface area contributed by atoms with E-state index >= 15 is 0 Å². The van der Waals surface area contributed by atoms with Crippen molar-refractivity contribution in [2.75, 3.05) is 13.7 Å². The number of nitrogens with zero attached hydrogens (tertiary/aromatic N) is 3. The van der Waals surface area contributed by atoms with Crippen LogP contribution in [0.15, 0.2) is 34.9 Å². The average molecular weight is 385 g/mol. The summed E-state index contributed by atoms with van der Waals surface area (Å²) in [6, 6.07) is 7.69. The third-order valence-electron chi connectivity index (χ3n) is 4.30. The molecule has 0 atom stereocenters. The summed E-state index contributed by atoms with van der Waals surface area (Å²) in [6.07, 6.45) is 0. The number of methoxy groups -OCH3 is 1. The molecule has 0 unspecified atom stereocenters. The number of ether oxygens (including phenoxy) is 2. The van der Waals surface area contributed by atoms with Crippen LogP contribution in [0.3, 0.4) is 0 Å². The summed E-state index contributed by atoms with van der Waals surface area (Å²) in [5.41, 5.74) is 1.68. The standard InChI is InChI=1S/C19H19N3O6/c1-11-7-15(13(3)21(11)19-8-12(2)28-20-19)17(23)10-27-18-6-5-14(26-4)9-16(18)22(24)25/h5-9H,10H2,1-4H3. The molecule has 0 bridgehead atoms. The van der Waals surface area contributed by atoms with Crippen LogP contribution in [0.1, 0.15) is 27.5 Å². The van der Waals surface area contributed by atoms with Crippen molar-refractivity contribution in [3.05, 3.63) is 63.2 Å². The van der Waals surface area contributed by atoms with E-state index in [0.717, 1.165) is 5.69 Å². The van der Waals surface area contributed by atoms with E-state index in [2.05, 4.69) is 5.16 Å². The molecule has 28 heavy (non-hydrogen) atoms. The van der Waals surface area contributed by atoms with Gasteiger partial charge in [0.2, 0.25) is 5.78 Å². The first-order valence-corrected chi connectivity index (χ1v) is 8.43. The third kappa shape index (κ3) is 3.59. The summed E-state index contributed by atoms with van der Waals surface area (Å²) in [5.74, 6) is 1.27. The number of benzene rings is 1. The third-order valence-corrected chi connectivity index (χ3v) is 4.30. The molecule has 1 aromatic carbocycles. The first kappa shape index (κ1) is 19.2. The zero-order valence-electron chi connectivity index (χ0n) is 15.9. The van der Waals surface area contributed by atoms with E-state index in [9.17, 15) is 14.9 Å². The van der Waals surface area contributed by atoms with Gasteiger partial charge in [0.15, 0.2) is 18.2 Å². The topological polar surface area (TPSA) is 110 Å². The second-order valence-corrected chi connectivity index (χ2v) is 6.22. The average Bonchev–Trinajstić information content (AvgIpc) is 3.21. The molecule has 0 amide bonds. The zero-order valence-corrected chi connectivity index (χ0v) is 15.9. The molecule has 0 saturated heterocycles. The van der Waals surface area contributed by atoms with Gasteiger partial charge in [0.1, 0.15) is 11.5 Å². The smallest absolute Gasteiger partial charge is 0.314 e. The summed E-state index contributed by atoms with van der Waals surface area (Å²) >= 11 is 0. The predicted molar refractivity (Wildman–Crippen MR) is 99.5 cm³/mol. The number of hydrogen-bond donors (Lipinski definition) is 0. The molecule has 3 rings (SSSR count). The molecule has 9 heteroatoms. The lowest BCUT2D eigenvalue weighted by molar-refractivity contribution is -0.385. The van der Waals surface area contributed by atoms with Crippen LogP contribution < -0.4 is 9.47 Å². The minimum Gasteiger partial charge on any atom is -0.496 e. The van der Waals surface area contributed by atoms with Gasteiger partial charge in [-0.1, -0.05) is 5.16 Å². The van der Waals surface area contributed by atoms with Crippen LogP contribution in [0.25, 0.3) is 5.82 Å². The van der Waals surface area contributed by atoms with Crippen LogP contribution in [0.5, 0.6) is 11.5 Å². The Bertz CT molecular complexity index is 1050. The molecular weight excluding hydrogens is 366 g/mol. The largest absolute Gasteiger partial charge is 0.496 e. The molecule has 0 saturated carbocycles. The molecule has 0 radical (unpaired) electrons. The maximum atomic E-state index is 12.7. The van der Waals surface area contributed by atoms with Gasteiger partial charge in [-0.05, 0) is 39.0 Å². The Morgan fingerprint density at radius 1 is 1.25 bits per heavy atom. The zero-order chi connectivity index (χ0) is 20.4. The van der Waals surface area contributed by atoms with Crippen molar-refractivity contribution in [2.24, 2.45) is 0 Å². The van der Waals surface area contributed by atoms with Crippen LogP contribution in [-0.2, 0) is 0 Å². The van der Waals surface area contributed by atoms with Crippen LogP contribution in [0, 0.1) is 30.9 Å². The van der Waals surface area contributed by atoms with Crippen LogP contribution in [-0.4, -0.2) is 34.1 Å². The van der Waals surface area contributed by atoms with Crippen molar-refractivity contribution in [1.82, 2.24) is 9.72 Å². The van der Waals surface area contributed by atoms with Gasteiger partial charge in [-0.3, -0.25) is 19.5 Å². The van der Waals surface area contributed by atoms with Crippen molar-refractivity contribution in [1.29, 1.82) is 0 Å². The molecule has 0 spiro atoms. The minimum absolute atomic E-state index is 0.0000775. The van der Waals surface area contributed by atoms with E-state index in [1.807, 2.05) is 6.92 Å². The lowest BCUT2D eigenvalue weighted by atomic mass is 10.1. The van der Waals surface area contributed by atoms with Crippen LogP contribution in [0.4, 0.5) is 5.69 Å². The number of carbonyl (C=O) groups excluding carboxylic acids is 1. The van der Waals surface area contributed by atoms with Crippen molar-refractivity contribution in [3.8, 4) is 17.3 Å². The Labute approximate surface area is 160 Å². The number of aryl methyl sites for hydroxylation is 2. The molecule has 0 fully saturated rings. The van der Waals surface area contributed by atoms with Gasteiger partial charge in [-0.25, -0.2) is 0 Å². The highest BCUT2D eigenvalue weighted by Crippen LogP contribution is 2.31. The van der Waals surface area contributed by atoms with E-state index in [1.165, 1.54) is 25.3 Å². The number of carbonyl (C=O) groups is 1. The number of hydrogen-bond acceptors (Lipinski definition) is 7. The molecule has 3 aromatic rings. The predicted octanol–water partition coefficient (Wildman–Crippen LogP) is 3.57. The molecular formula is C19H19N3O6. The molecule has 0 N–H and O–H groups in total. The summed E-state index contributed by atoms with van der Waals surface area (Å²) in [7, 11) is 1.41. The highest BCUT2D eigenvalue weighted by molar-refractivity contribution is 5.98. The van der Waals surface area contributed by atoms with Crippen molar-refractivity contribution >= 4 is 11.5 Å². The molecule has 2 aromatic heterocycles. The number of nitro benzene ring substituents is 1. The molecule has 0 aliphatic rings. The highest BCUT2D eigenvalue weighted by atomic mass is 16.6. The second-order valence-electron chi connectivity index (χ2n) is 6.22. The van der Waals surface area contributed by atoms with Crippen molar-refractivity contribution in [3.63, 3.8) is 0 Å². The number of ketones is 1. The van der Waals surface area contributed by atoms with Gasteiger partial charge < -0.3 is 14.0 Å². The van der Waals surface area contributed by atoms with Gasteiger partial charge in [-0.15, -0.1) is 0 Å². The molecule has 0 aliphatic carbocycles. The summed E-state index contributed by atoms with van der Waals surface area (Å²) in [4.78, 5) is 23.3. The van der Waals surface area contributed by atoms with E-state index in [-0.39, 0.29) is 23.8 Å². The lowest BCUT2D eigenvalue weighted by Crippen LogP contribution is -2.13. The summed E-state index contributed by atoms with van der Waals surface area (Å²) in [6.45, 7) is 5.09. The SMILES string of the molecule is COc1ccc(OCC(=O)c2cc(C)n(-c3cc(C)on3)c2C)c([N+](=O)[O-])c1. The maximum absolute atomic E-state index is 12.7. The molecule has 146 valence electrons. The van der Waals surface area contributed by atoms with E-state index in [4.69, 9.17) is 14.0 Å². The first-order valence-electron chi connectivity index (χ1n) is 8.43. The maximum Gasteiger partial charge on any atom is 0.314 e. The Hall–Kier alpha value is -3.62. The van der Waals surface area contributed by atoms with Crippen molar-refractivity contribution < 1.29 is 23.7 Å². The summed E-state index contributed by atoms with van der Waals surface area (Å²) < 4.78 is 17.3. The van der Waals surface area contributed by atoms with Crippen LogP contribution in [0.2, 0.25) is 0 Å². The monoisotopic (exact) mass is 385 g/mol. The molecule has 0 aliphatic heterocycles. The number of nitro groups is 1. The van der Waals surface area contributed by atoms with Crippen LogP contribution >= 0.6 is 0 Å². The van der Waals surface area contributed by atoms with E-state index in [1.54, 1.807) is 30.5 Å². The fourth-order valence-electron chi connectivity index (χ4n) is 2.97. The van der Waals surface area contributed by atoms with Gasteiger partial charge in [0, 0.05) is 23.0 Å². The normalized spacial score (nSPS) is 10.7. The summed E-state index contributed by atoms with van der Waals surface area (Å²) in [5, 5.41) is 15.2. The quantitative estimate of drug-likeness (QED) is 0.347. The van der Waals surface area contributed by atoms with Crippen molar-refractivity contribution in [2.45, 2.75) is 20.8 Å². The Morgan fingerprint density at radius 2 is 2.00 bits per heavy atom. The fourth-order valence-corrected chi connectivity index (χ4v) is 2.97. The fraction of sp³-hybridized carbons (Fsp3) is 0.263. The first-order chi connectivity index (χ1) is 13.3. The van der Waals surface area contributed by atoms with Gasteiger partial charge in [0.05, 0.1) is 18.1 Å². The lowest BCUT2D eigenvalue weighted by Gasteiger charge is -2.08. The Kier molecular flexibility index (Phi) is 5.16. The number of rotatable bonds is 7. The van der Waals surface area contributed by atoms with Gasteiger partial charge in [-0.2, -0.15) is 0 Å². The Balaban J connectivity index is 1.82.